The summed E-state index contributed by atoms with van der Waals surface area (Å²) in [6.07, 6.45) is 6.19. The van der Waals surface area contributed by atoms with Crippen LogP contribution in [0.25, 0.3) is 44.4 Å². The predicted octanol–water partition coefficient (Wildman–Crippen LogP) is 7.16. The van der Waals surface area contributed by atoms with Crippen LogP contribution in [-0.4, -0.2) is 104 Å². The maximum atomic E-state index is 13.9. The highest BCUT2D eigenvalue weighted by Gasteiger charge is 2.41. The highest BCUT2D eigenvalue weighted by atomic mass is 16.5. The summed E-state index contributed by atoms with van der Waals surface area (Å²) in [5.41, 5.74) is 8.45. The second-order valence-corrected chi connectivity index (χ2v) is 17.4. The number of ether oxygens (including phenoxy) is 2. The van der Waals surface area contributed by atoms with Crippen molar-refractivity contribution in [2.75, 3.05) is 33.4 Å². The number of fused-ring (bicyclic) bond motifs is 4. The smallest absolute Gasteiger partial charge is 0.407 e. The van der Waals surface area contributed by atoms with Crippen molar-refractivity contribution in [2.24, 2.45) is 11.8 Å². The molecule has 3 fully saturated rings. The Labute approximate surface area is 360 Å². The molecule has 0 spiro atoms. The Balaban J connectivity index is 0.900. The third-order valence-corrected chi connectivity index (χ3v) is 13.3. The molecule has 3 saturated heterocycles. The van der Waals surface area contributed by atoms with Crippen molar-refractivity contribution in [3.63, 3.8) is 0 Å². The predicted molar refractivity (Wildman–Crippen MR) is 232 cm³/mol. The lowest BCUT2D eigenvalue weighted by Crippen LogP contribution is -2.52. The maximum Gasteiger partial charge on any atom is 0.407 e. The zero-order valence-electron chi connectivity index (χ0n) is 35.4. The fourth-order valence-corrected chi connectivity index (χ4v) is 9.96. The van der Waals surface area contributed by atoms with Crippen LogP contribution in [-0.2, 0) is 31.9 Å². The van der Waals surface area contributed by atoms with Crippen LogP contribution in [0.2, 0.25) is 0 Å². The minimum absolute atomic E-state index is 0.103. The second-order valence-electron chi connectivity index (χ2n) is 17.4. The first kappa shape index (κ1) is 41.1. The third kappa shape index (κ3) is 8.01. The summed E-state index contributed by atoms with van der Waals surface area (Å²) in [5, 5.41) is 17.0. The molecule has 2 aromatic heterocycles. The summed E-state index contributed by atoms with van der Waals surface area (Å²) in [7, 11) is 1.30. The summed E-state index contributed by atoms with van der Waals surface area (Å²) in [5.74, 6) is 0.961. The number of nitrogens with zero attached hydrogens (tertiary/aromatic N) is 4. The molecule has 0 radical (unpaired) electrons. The summed E-state index contributed by atoms with van der Waals surface area (Å²) < 4.78 is 10.3. The first-order valence-electron chi connectivity index (χ1n) is 21.9. The minimum atomic E-state index is -1.20. The summed E-state index contributed by atoms with van der Waals surface area (Å²) >= 11 is 0. The number of carbonyl (C=O) groups excluding carboxylic acids is 3. The van der Waals surface area contributed by atoms with Crippen LogP contribution in [0.4, 0.5) is 9.59 Å². The van der Waals surface area contributed by atoms with Gasteiger partial charge in [-0.25, -0.2) is 19.6 Å². The van der Waals surface area contributed by atoms with Crippen LogP contribution in [0.15, 0.2) is 60.8 Å². The number of H-pyrrole nitrogens is 2. The zero-order chi connectivity index (χ0) is 43.1. The second kappa shape index (κ2) is 17.3. The first-order valence-corrected chi connectivity index (χ1v) is 21.9. The molecule has 5 aromatic rings. The first-order chi connectivity index (χ1) is 30.1. The molecular weight excluding hydrogens is 789 g/mol. The van der Waals surface area contributed by atoms with Crippen molar-refractivity contribution < 1.29 is 33.8 Å². The zero-order valence-corrected chi connectivity index (χ0v) is 35.4. The number of carboxylic acid groups (broad SMARTS) is 1. The molecule has 0 saturated carbocycles. The van der Waals surface area contributed by atoms with Crippen LogP contribution in [0.3, 0.4) is 0 Å². The van der Waals surface area contributed by atoms with Crippen LogP contribution in [0, 0.1) is 11.8 Å². The summed E-state index contributed by atoms with van der Waals surface area (Å²) in [6.45, 7) is 6.03. The van der Waals surface area contributed by atoms with Gasteiger partial charge < -0.3 is 45.0 Å². The Bertz CT molecular complexity index is 2510. The molecule has 4 amide bonds. The van der Waals surface area contributed by atoms with Gasteiger partial charge in [-0.1, -0.05) is 56.3 Å². The molecule has 5 heterocycles. The number of aryl methyl sites for hydroxylation is 2. The number of carbonyl (C=O) groups is 4. The van der Waals surface area contributed by atoms with E-state index in [1.165, 1.54) is 12.7 Å². The topological polar surface area (TPSA) is 195 Å². The van der Waals surface area contributed by atoms with E-state index in [4.69, 9.17) is 19.4 Å². The Kier molecular flexibility index (Phi) is 11.5. The number of imidazole rings is 2. The number of aromatic amines is 2. The van der Waals surface area contributed by atoms with Crippen molar-refractivity contribution in [3.05, 3.63) is 83.7 Å². The number of rotatable bonds is 10. The SMILES string of the molecule is COC(=O)N[C@H](C(=O)N1CCC[C@H]1c1nc2c([nH]1)CCc1cc(-c3ccc4cc(-c5cnc([C@@H]6CCCN6C(=O)[C@@H](NC(=O)O)C6CCOCC6)[nH]5)ccc4c3)ccc1-2)C(C)C. The molecule has 15 nitrogen and oxygen atoms in total. The lowest BCUT2D eigenvalue weighted by Gasteiger charge is -2.33. The van der Waals surface area contributed by atoms with Gasteiger partial charge in [-0.3, -0.25) is 9.59 Å². The van der Waals surface area contributed by atoms with E-state index < -0.39 is 24.3 Å². The highest BCUT2D eigenvalue weighted by Crippen LogP contribution is 2.40. The summed E-state index contributed by atoms with van der Waals surface area (Å²) in [4.78, 5) is 71.9. The number of likely N-dealkylation sites (tertiary alicyclic amines) is 2. The van der Waals surface area contributed by atoms with E-state index in [1.54, 1.807) is 4.90 Å². The lowest BCUT2D eigenvalue weighted by molar-refractivity contribution is -0.137. The average Bonchev–Trinajstić information content (AvgIpc) is 4.13. The van der Waals surface area contributed by atoms with E-state index >= 15 is 0 Å². The molecule has 3 aromatic carbocycles. The Morgan fingerprint density at radius 3 is 2.18 bits per heavy atom. The average molecular weight is 843 g/mol. The lowest BCUT2D eigenvalue weighted by atomic mass is 9.89. The molecule has 9 rings (SSSR count). The number of aromatic nitrogens is 4. The van der Waals surface area contributed by atoms with E-state index in [1.807, 2.05) is 24.9 Å². The standard InChI is InChI=1S/C47H54N8O7/c1-26(2)39(53-47(60)61-3)44(56)55-19-5-7-38(55)43-49-35-15-13-32-23-31(12-14-34(32)41(35)51-43)28-8-9-30-24-33(11-10-29(30)22-28)36-25-48-42(50-36)37-6-4-18-54(37)45(57)40(52-46(58)59)27-16-20-62-21-17-27/h8-12,14,22-27,37-40,52H,4-7,13,15-21H2,1-3H3,(H,48,50)(H,49,51)(H,53,60)(H,58,59)/t37-,38-,39-,40-/m0/s1. The van der Waals surface area contributed by atoms with Gasteiger partial charge in [0.05, 0.1) is 36.8 Å². The van der Waals surface area contributed by atoms with Crippen LogP contribution in [0.1, 0.15) is 87.4 Å². The number of benzene rings is 3. The number of amides is 4. The van der Waals surface area contributed by atoms with E-state index in [-0.39, 0.29) is 35.7 Å². The van der Waals surface area contributed by atoms with Gasteiger partial charge in [-0.2, -0.15) is 0 Å². The van der Waals surface area contributed by atoms with E-state index in [9.17, 15) is 24.3 Å². The molecular formula is C47H54N8O7. The van der Waals surface area contributed by atoms with Crippen LogP contribution in [0.5, 0.6) is 0 Å². The minimum Gasteiger partial charge on any atom is -0.465 e. The van der Waals surface area contributed by atoms with Gasteiger partial charge >= 0.3 is 12.2 Å². The highest BCUT2D eigenvalue weighted by molar-refractivity contribution is 5.91. The maximum absolute atomic E-state index is 13.9. The molecule has 15 heteroatoms. The van der Waals surface area contributed by atoms with E-state index in [2.05, 4.69) is 75.2 Å². The van der Waals surface area contributed by atoms with Crippen molar-refractivity contribution in [1.29, 1.82) is 0 Å². The van der Waals surface area contributed by atoms with Crippen LogP contribution >= 0.6 is 0 Å². The Morgan fingerprint density at radius 1 is 0.806 bits per heavy atom. The van der Waals surface area contributed by atoms with Gasteiger partial charge in [0.25, 0.3) is 0 Å². The number of nitrogens with one attached hydrogen (secondary N) is 4. The van der Waals surface area contributed by atoms with Crippen molar-refractivity contribution in [2.45, 2.75) is 89.4 Å². The fraction of sp³-hybridized carbons (Fsp3) is 0.447. The molecule has 4 aliphatic rings. The fourth-order valence-electron chi connectivity index (χ4n) is 9.96. The van der Waals surface area contributed by atoms with Crippen molar-refractivity contribution in [1.82, 2.24) is 40.4 Å². The molecule has 0 unspecified atom stereocenters. The summed E-state index contributed by atoms with van der Waals surface area (Å²) in [6, 6.07) is 17.5. The molecule has 5 N–H and O–H groups in total. The monoisotopic (exact) mass is 842 g/mol. The number of methoxy groups -OCH3 is 1. The molecule has 4 atom stereocenters. The number of alkyl carbamates (subject to hydrolysis) is 1. The molecule has 0 bridgehead atoms. The number of hydrogen-bond donors (Lipinski definition) is 5. The third-order valence-electron chi connectivity index (χ3n) is 13.3. The van der Waals surface area contributed by atoms with Crippen LogP contribution < -0.4 is 10.6 Å². The van der Waals surface area contributed by atoms with Crippen molar-refractivity contribution in [3.8, 4) is 33.6 Å². The van der Waals surface area contributed by atoms with Gasteiger partial charge in [0, 0.05) is 43.1 Å². The van der Waals surface area contributed by atoms with Gasteiger partial charge in [0.1, 0.15) is 23.7 Å². The van der Waals surface area contributed by atoms with E-state index in [0.29, 0.717) is 45.0 Å². The normalized spacial score (nSPS) is 19.9. The van der Waals surface area contributed by atoms with Gasteiger partial charge in [-0.15, -0.1) is 0 Å². The quantitative estimate of drug-likeness (QED) is 0.0970. The van der Waals surface area contributed by atoms with Gasteiger partial charge in [0.15, 0.2) is 0 Å². The number of hydrogen-bond acceptors (Lipinski definition) is 8. The molecule has 3 aliphatic heterocycles. The largest absolute Gasteiger partial charge is 0.465 e. The van der Waals surface area contributed by atoms with E-state index in [0.717, 1.165) is 94.5 Å². The van der Waals surface area contributed by atoms with Crippen molar-refractivity contribution >= 4 is 34.8 Å². The molecule has 324 valence electrons. The van der Waals surface area contributed by atoms with Gasteiger partial charge in [-0.05, 0) is 103 Å². The van der Waals surface area contributed by atoms with Gasteiger partial charge in [0.2, 0.25) is 11.8 Å². The Morgan fingerprint density at radius 2 is 1.47 bits per heavy atom. The molecule has 1 aliphatic carbocycles. The Hall–Kier alpha value is -6.22. The molecule has 62 heavy (non-hydrogen) atoms.